The van der Waals surface area contributed by atoms with Crippen LogP contribution in [-0.2, 0) is 0 Å². The first-order chi connectivity index (χ1) is 10.2. The highest BCUT2D eigenvalue weighted by Gasteiger charge is 2.07. The molecule has 0 fully saturated rings. The zero-order chi connectivity index (χ0) is 15.1. The summed E-state index contributed by atoms with van der Waals surface area (Å²) >= 11 is 0. The number of aromatic nitrogens is 1. The standard InChI is InChI=1S/C15H17N3O3/c1-2-9-20-13-5-3-4-6-14(13)21-11-7-8-12(17-10-11)15(16)18-19/h3-8,10,19H,2,9H2,1H3,(H2,16,18). The van der Waals surface area contributed by atoms with Gasteiger partial charge in [0.25, 0.3) is 0 Å². The third-order valence-electron chi connectivity index (χ3n) is 2.65. The van der Waals surface area contributed by atoms with Crippen LogP contribution < -0.4 is 15.2 Å². The van der Waals surface area contributed by atoms with E-state index in [0.29, 0.717) is 29.5 Å². The topological polar surface area (TPSA) is 90.0 Å². The van der Waals surface area contributed by atoms with Gasteiger partial charge < -0.3 is 20.4 Å². The van der Waals surface area contributed by atoms with Crippen LogP contribution in [0, 0.1) is 0 Å². The summed E-state index contributed by atoms with van der Waals surface area (Å²) in [5.74, 6) is 1.79. The van der Waals surface area contributed by atoms with Gasteiger partial charge in [0.05, 0.1) is 12.8 Å². The minimum Gasteiger partial charge on any atom is -0.490 e. The third-order valence-corrected chi connectivity index (χ3v) is 2.65. The highest BCUT2D eigenvalue weighted by Crippen LogP contribution is 2.30. The van der Waals surface area contributed by atoms with E-state index in [2.05, 4.69) is 10.1 Å². The van der Waals surface area contributed by atoms with E-state index >= 15 is 0 Å². The van der Waals surface area contributed by atoms with Crippen LogP contribution in [0.25, 0.3) is 0 Å². The second-order valence-corrected chi connectivity index (χ2v) is 4.26. The summed E-state index contributed by atoms with van der Waals surface area (Å²) in [7, 11) is 0. The highest BCUT2D eigenvalue weighted by atomic mass is 16.5. The van der Waals surface area contributed by atoms with Gasteiger partial charge in [-0.05, 0) is 30.7 Å². The molecule has 110 valence electrons. The fourth-order valence-corrected chi connectivity index (χ4v) is 1.64. The first-order valence-corrected chi connectivity index (χ1v) is 6.58. The Morgan fingerprint density at radius 1 is 1.24 bits per heavy atom. The summed E-state index contributed by atoms with van der Waals surface area (Å²) in [6.45, 7) is 2.67. The Bertz CT molecular complexity index is 612. The number of hydrogen-bond acceptors (Lipinski definition) is 5. The number of nitrogens with zero attached hydrogens (tertiary/aromatic N) is 2. The van der Waals surface area contributed by atoms with Crippen molar-refractivity contribution in [3.05, 3.63) is 48.3 Å². The summed E-state index contributed by atoms with van der Waals surface area (Å²) in [5, 5.41) is 11.5. The van der Waals surface area contributed by atoms with Crippen LogP contribution in [0.5, 0.6) is 17.2 Å². The van der Waals surface area contributed by atoms with E-state index in [4.69, 9.17) is 20.4 Å². The Balaban J connectivity index is 2.14. The van der Waals surface area contributed by atoms with Crippen molar-refractivity contribution in [1.29, 1.82) is 0 Å². The van der Waals surface area contributed by atoms with Crippen molar-refractivity contribution in [2.45, 2.75) is 13.3 Å². The summed E-state index contributed by atoms with van der Waals surface area (Å²) in [6, 6.07) is 10.7. The van der Waals surface area contributed by atoms with E-state index in [1.807, 2.05) is 31.2 Å². The molecule has 0 aliphatic rings. The minimum absolute atomic E-state index is 0.0479. The number of pyridine rings is 1. The first kappa shape index (κ1) is 14.6. The Morgan fingerprint density at radius 2 is 2.00 bits per heavy atom. The van der Waals surface area contributed by atoms with Crippen LogP contribution in [0.3, 0.4) is 0 Å². The molecular weight excluding hydrogens is 270 g/mol. The lowest BCUT2D eigenvalue weighted by molar-refractivity contribution is 0.302. The molecule has 0 saturated heterocycles. The lowest BCUT2D eigenvalue weighted by Crippen LogP contribution is -2.14. The first-order valence-electron chi connectivity index (χ1n) is 6.58. The summed E-state index contributed by atoms with van der Waals surface area (Å²) in [5.41, 5.74) is 5.83. The maximum atomic E-state index is 8.59. The van der Waals surface area contributed by atoms with Crippen molar-refractivity contribution in [3.8, 4) is 17.2 Å². The zero-order valence-corrected chi connectivity index (χ0v) is 11.7. The number of nitrogens with two attached hydrogens (primary N) is 1. The molecule has 0 saturated carbocycles. The molecule has 1 heterocycles. The number of ether oxygens (including phenoxy) is 2. The quantitative estimate of drug-likeness (QED) is 0.369. The fourth-order valence-electron chi connectivity index (χ4n) is 1.64. The Labute approximate surface area is 122 Å². The monoisotopic (exact) mass is 287 g/mol. The largest absolute Gasteiger partial charge is 0.490 e. The second-order valence-electron chi connectivity index (χ2n) is 4.26. The lowest BCUT2D eigenvalue weighted by atomic mass is 10.3. The van der Waals surface area contributed by atoms with Gasteiger partial charge in [-0.1, -0.05) is 24.2 Å². The normalized spacial score (nSPS) is 11.2. The number of benzene rings is 1. The number of amidine groups is 1. The third kappa shape index (κ3) is 3.85. The zero-order valence-electron chi connectivity index (χ0n) is 11.7. The molecule has 6 heteroatoms. The smallest absolute Gasteiger partial charge is 0.188 e. The van der Waals surface area contributed by atoms with Gasteiger partial charge in [0, 0.05) is 0 Å². The Hall–Kier alpha value is -2.76. The van der Waals surface area contributed by atoms with E-state index in [1.165, 1.54) is 6.20 Å². The van der Waals surface area contributed by atoms with Crippen LogP contribution in [0.2, 0.25) is 0 Å². The van der Waals surface area contributed by atoms with Crippen molar-refractivity contribution in [1.82, 2.24) is 4.98 Å². The molecule has 0 radical (unpaired) electrons. The average Bonchev–Trinajstić information content (AvgIpc) is 2.54. The van der Waals surface area contributed by atoms with Crippen molar-refractivity contribution in [2.75, 3.05) is 6.61 Å². The van der Waals surface area contributed by atoms with E-state index in [9.17, 15) is 0 Å². The van der Waals surface area contributed by atoms with Gasteiger partial charge in [-0.25, -0.2) is 4.98 Å². The van der Waals surface area contributed by atoms with E-state index < -0.39 is 0 Å². The predicted octanol–water partition coefficient (Wildman–Crippen LogP) is 2.76. The van der Waals surface area contributed by atoms with Gasteiger partial charge in [0.1, 0.15) is 11.4 Å². The maximum Gasteiger partial charge on any atom is 0.188 e. The number of hydrogen-bond donors (Lipinski definition) is 2. The van der Waals surface area contributed by atoms with Crippen LogP contribution >= 0.6 is 0 Å². The molecule has 0 aliphatic carbocycles. The Kier molecular flexibility index (Phi) is 4.98. The van der Waals surface area contributed by atoms with Gasteiger partial charge in [0.2, 0.25) is 0 Å². The second kappa shape index (κ2) is 7.14. The fraction of sp³-hybridized carbons (Fsp3) is 0.200. The summed E-state index contributed by atoms with van der Waals surface area (Å²) in [4.78, 5) is 4.06. The van der Waals surface area contributed by atoms with Crippen molar-refractivity contribution >= 4 is 5.84 Å². The molecule has 6 nitrogen and oxygen atoms in total. The molecule has 0 amide bonds. The molecule has 2 rings (SSSR count). The SMILES string of the molecule is CCCOc1ccccc1Oc1ccc(/C(N)=N/O)nc1. The van der Waals surface area contributed by atoms with E-state index in [0.717, 1.165) is 6.42 Å². The number of oxime groups is 1. The maximum absolute atomic E-state index is 8.59. The van der Waals surface area contributed by atoms with E-state index in [-0.39, 0.29) is 5.84 Å². The number of rotatable bonds is 6. The minimum atomic E-state index is -0.0479. The molecule has 0 aliphatic heterocycles. The van der Waals surface area contributed by atoms with Gasteiger partial charge >= 0.3 is 0 Å². The molecule has 0 bridgehead atoms. The van der Waals surface area contributed by atoms with Crippen LogP contribution in [0.15, 0.2) is 47.8 Å². The van der Waals surface area contributed by atoms with Crippen molar-refractivity contribution in [3.63, 3.8) is 0 Å². The molecule has 2 aromatic rings. The van der Waals surface area contributed by atoms with Crippen molar-refractivity contribution in [2.24, 2.45) is 10.9 Å². The molecular formula is C15H17N3O3. The van der Waals surface area contributed by atoms with Gasteiger partial charge in [-0.2, -0.15) is 0 Å². The molecule has 1 aromatic carbocycles. The molecule has 0 unspecified atom stereocenters. The van der Waals surface area contributed by atoms with Gasteiger partial charge in [-0.15, -0.1) is 0 Å². The van der Waals surface area contributed by atoms with Crippen LogP contribution in [-0.4, -0.2) is 22.6 Å². The predicted molar refractivity (Wildman–Crippen MR) is 79.0 cm³/mol. The van der Waals surface area contributed by atoms with Crippen LogP contribution in [0.1, 0.15) is 19.0 Å². The average molecular weight is 287 g/mol. The highest BCUT2D eigenvalue weighted by molar-refractivity contribution is 5.95. The van der Waals surface area contributed by atoms with Crippen molar-refractivity contribution < 1.29 is 14.7 Å². The number of para-hydroxylation sites is 2. The van der Waals surface area contributed by atoms with Gasteiger partial charge in [-0.3, -0.25) is 0 Å². The van der Waals surface area contributed by atoms with E-state index in [1.54, 1.807) is 12.1 Å². The molecule has 3 N–H and O–H groups in total. The van der Waals surface area contributed by atoms with Gasteiger partial charge in [0.15, 0.2) is 17.3 Å². The summed E-state index contributed by atoms with van der Waals surface area (Å²) in [6.07, 6.45) is 2.42. The lowest BCUT2D eigenvalue weighted by Gasteiger charge is -2.11. The molecule has 21 heavy (non-hydrogen) atoms. The molecule has 1 aromatic heterocycles. The Morgan fingerprint density at radius 3 is 2.62 bits per heavy atom. The summed E-state index contributed by atoms with van der Waals surface area (Å²) < 4.78 is 11.4. The van der Waals surface area contributed by atoms with Crippen LogP contribution in [0.4, 0.5) is 0 Å². The molecule has 0 atom stereocenters. The molecule has 0 spiro atoms.